The molecule has 0 spiro atoms. The molecule has 8 heteroatoms. The maximum Gasteiger partial charge on any atom is 0.249 e. The Kier molecular flexibility index (Phi) is 4.98. The number of pyridine rings is 2. The molecule has 1 fully saturated rings. The van der Waals surface area contributed by atoms with E-state index >= 15 is 0 Å². The third-order valence-electron chi connectivity index (χ3n) is 5.61. The average molecular weight is 423 g/mol. The van der Waals surface area contributed by atoms with Crippen LogP contribution in [0.3, 0.4) is 0 Å². The number of hydrogen-bond donors (Lipinski definition) is 0. The molecule has 5 rings (SSSR count). The fourth-order valence-electron chi connectivity index (χ4n) is 4.18. The summed E-state index contributed by atoms with van der Waals surface area (Å²) in [5.74, 6) is 0.189. The van der Waals surface area contributed by atoms with Crippen LogP contribution in [-0.2, 0) is 23.1 Å². The molecule has 0 bridgehead atoms. The molecule has 3 aromatic rings. The van der Waals surface area contributed by atoms with Crippen molar-refractivity contribution in [3.63, 3.8) is 0 Å². The van der Waals surface area contributed by atoms with Crippen LogP contribution in [0, 0.1) is 0 Å². The van der Waals surface area contributed by atoms with Crippen LogP contribution >= 0.6 is 0 Å². The molecular weight excluding hydrogens is 400 g/mol. The molecule has 7 nitrogen and oxygen atoms in total. The molecule has 30 heavy (non-hydrogen) atoms. The molecule has 0 unspecified atom stereocenters. The number of fused-ring (bicyclic) bond motifs is 2. The lowest BCUT2D eigenvalue weighted by atomic mass is 10.1. The summed E-state index contributed by atoms with van der Waals surface area (Å²) in [5, 5.41) is 0. The molecule has 2 aliphatic heterocycles. The van der Waals surface area contributed by atoms with E-state index in [4.69, 9.17) is 4.74 Å². The molecule has 0 N–H and O–H groups in total. The van der Waals surface area contributed by atoms with Crippen molar-refractivity contribution >= 4 is 10.0 Å². The van der Waals surface area contributed by atoms with E-state index in [-0.39, 0.29) is 22.9 Å². The van der Waals surface area contributed by atoms with Crippen LogP contribution in [0.25, 0.3) is 0 Å². The summed E-state index contributed by atoms with van der Waals surface area (Å²) in [6.45, 7) is 2.23. The van der Waals surface area contributed by atoms with Crippen molar-refractivity contribution in [3.05, 3.63) is 84.3 Å². The number of likely N-dealkylation sites (tertiary alicyclic amines) is 1. The van der Waals surface area contributed by atoms with Gasteiger partial charge in [-0.25, -0.2) is 13.4 Å². The topological polar surface area (TPSA) is 75.6 Å². The molecule has 1 aromatic carbocycles. The molecule has 154 valence electrons. The fourth-order valence-corrected chi connectivity index (χ4v) is 5.88. The van der Waals surface area contributed by atoms with Crippen LogP contribution in [0.2, 0.25) is 0 Å². The fraction of sp³-hybridized carbons (Fsp3) is 0.273. The standard InChI is InChI=1S/C22H22N4O3S/c27-30(28)21-7-4-10-24-22(21)29-20-16-25(13-18-8-11-23-12-9-18)15-19(20)26(30)14-17-5-2-1-3-6-17/h1-12,19-20H,13-16H2/t19-,20+/m1/s1. The third-order valence-corrected chi connectivity index (χ3v) is 7.49. The zero-order chi connectivity index (χ0) is 20.6. The second-order valence-electron chi connectivity index (χ2n) is 7.62. The van der Waals surface area contributed by atoms with Gasteiger partial charge in [-0.05, 0) is 35.4 Å². The van der Waals surface area contributed by atoms with E-state index in [0.717, 1.165) is 11.1 Å². The van der Waals surface area contributed by atoms with E-state index < -0.39 is 10.0 Å². The van der Waals surface area contributed by atoms with Gasteiger partial charge in [0.2, 0.25) is 15.9 Å². The number of ether oxygens (including phenoxy) is 1. The van der Waals surface area contributed by atoms with Gasteiger partial charge in [-0.1, -0.05) is 30.3 Å². The lowest BCUT2D eigenvalue weighted by Crippen LogP contribution is -2.46. The van der Waals surface area contributed by atoms with Crippen molar-refractivity contribution in [1.82, 2.24) is 19.2 Å². The van der Waals surface area contributed by atoms with Gasteiger partial charge >= 0.3 is 0 Å². The van der Waals surface area contributed by atoms with Gasteiger partial charge in [0.15, 0.2) is 0 Å². The first-order valence-electron chi connectivity index (χ1n) is 9.90. The Hall–Kier alpha value is -2.81. The van der Waals surface area contributed by atoms with Crippen LogP contribution in [0.15, 0.2) is 78.1 Å². The first kappa shape index (κ1) is 19.2. The molecule has 2 atom stereocenters. The second-order valence-corrected chi connectivity index (χ2v) is 9.47. The van der Waals surface area contributed by atoms with E-state index in [0.29, 0.717) is 26.2 Å². The van der Waals surface area contributed by atoms with Gasteiger partial charge in [-0.3, -0.25) is 9.88 Å². The van der Waals surface area contributed by atoms with Gasteiger partial charge in [-0.15, -0.1) is 0 Å². The first-order valence-corrected chi connectivity index (χ1v) is 11.3. The van der Waals surface area contributed by atoms with E-state index in [9.17, 15) is 8.42 Å². The van der Waals surface area contributed by atoms with E-state index in [1.807, 2.05) is 42.5 Å². The van der Waals surface area contributed by atoms with Crippen molar-refractivity contribution in [2.75, 3.05) is 13.1 Å². The maximum absolute atomic E-state index is 13.6. The zero-order valence-electron chi connectivity index (χ0n) is 16.3. The Morgan fingerprint density at radius 2 is 1.67 bits per heavy atom. The second kappa shape index (κ2) is 7.79. The van der Waals surface area contributed by atoms with Gasteiger partial charge < -0.3 is 4.74 Å². The number of benzene rings is 1. The predicted octanol–water partition coefficient (Wildman–Crippen LogP) is 2.31. The highest BCUT2D eigenvalue weighted by atomic mass is 32.2. The molecule has 1 saturated heterocycles. The number of rotatable bonds is 4. The molecular formula is C22H22N4O3S. The smallest absolute Gasteiger partial charge is 0.249 e. The van der Waals surface area contributed by atoms with Gasteiger partial charge in [0, 0.05) is 44.8 Å². The summed E-state index contributed by atoms with van der Waals surface area (Å²) in [5.41, 5.74) is 2.08. The maximum atomic E-state index is 13.6. The highest BCUT2D eigenvalue weighted by molar-refractivity contribution is 7.89. The van der Waals surface area contributed by atoms with Gasteiger partial charge in [0.25, 0.3) is 0 Å². The minimum Gasteiger partial charge on any atom is -0.470 e. The minimum absolute atomic E-state index is 0.135. The Balaban J connectivity index is 1.51. The Morgan fingerprint density at radius 1 is 0.900 bits per heavy atom. The van der Waals surface area contributed by atoms with Crippen molar-refractivity contribution < 1.29 is 13.2 Å². The zero-order valence-corrected chi connectivity index (χ0v) is 17.1. The predicted molar refractivity (Wildman–Crippen MR) is 111 cm³/mol. The summed E-state index contributed by atoms with van der Waals surface area (Å²) in [4.78, 5) is 10.7. The average Bonchev–Trinajstić information content (AvgIpc) is 3.11. The van der Waals surface area contributed by atoms with Crippen LogP contribution in [0.1, 0.15) is 11.1 Å². The van der Waals surface area contributed by atoms with E-state index in [2.05, 4.69) is 14.9 Å². The SMILES string of the molecule is O=S1(=O)c2cccnc2O[C@H]2CN(Cc3ccncc3)C[C@H]2N1Cc1ccccc1. The third kappa shape index (κ3) is 3.58. The van der Waals surface area contributed by atoms with Gasteiger partial charge in [0.1, 0.15) is 11.0 Å². The highest BCUT2D eigenvalue weighted by Crippen LogP contribution is 2.36. The summed E-state index contributed by atoms with van der Waals surface area (Å²) in [7, 11) is -3.76. The number of nitrogens with zero attached hydrogens (tertiary/aromatic N) is 4. The monoisotopic (exact) mass is 422 g/mol. The van der Waals surface area contributed by atoms with Gasteiger partial charge in [0.05, 0.1) is 6.04 Å². The quantitative estimate of drug-likeness (QED) is 0.642. The lowest BCUT2D eigenvalue weighted by Gasteiger charge is -2.28. The van der Waals surface area contributed by atoms with Crippen molar-refractivity contribution in [2.45, 2.75) is 30.1 Å². The molecule has 4 heterocycles. The van der Waals surface area contributed by atoms with Crippen LogP contribution in [-0.4, -0.2) is 52.8 Å². The Bertz CT molecular complexity index is 1130. The molecule has 0 saturated carbocycles. The number of aromatic nitrogens is 2. The van der Waals surface area contributed by atoms with Crippen molar-refractivity contribution in [2.24, 2.45) is 0 Å². The van der Waals surface area contributed by atoms with E-state index in [1.165, 1.54) is 0 Å². The van der Waals surface area contributed by atoms with Crippen LogP contribution in [0.5, 0.6) is 5.88 Å². The van der Waals surface area contributed by atoms with Crippen LogP contribution in [0.4, 0.5) is 0 Å². The minimum atomic E-state index is -3.76. The highest BCUT2D eigenvalue weighted by Gasteiger charge is 2.47. The Labute approximate surface area is 176 Å². The van der Waals surface area contributed by atoms with E-state index in [1.54, 1.807) is 35.0 Å². The molecule has 0 radical (unpaired) electrons. The largest absolute Gasteiger partial charge is 0.470 e. The molecule has 2 aromatic heterocycles. The van der Waals surface area contributed by atoms with Gasteiger partial charge in [-0.2, -0.15) is 4.31 Å². The number of hydrogen-bond acceptors (Lipinski definition) is 6. The van der Waals surface area contributed by atoms with Crippen LogP contribution < -0.4 is 4.74 Å². The summed E-state index contributed by atoms with van der Waals surface area (Å²) >= 11 is 0. The lowest BCUT2D eigenvalue weighted by molar-refractivity contribution is 0.144. The summed E-state index contributed by atoms with van der Waals surface area (Å²) in [6, 6.07) is 16.5. The summed E-state index contributed by atoms with van der Waals surface area (Å²) in [6.07, 6.45) is 4.82. The molecule has 0 aliphatic carbocycles. The van der Waals surface area contributed by atoms with Crippen molar-refractivity contribution in [1.29, 1.82) is 0 Å². The van der Waals surface area contributed by atoms with Crippen molar-refractivity contribution in [3.8, 4) is 5.88 Å². The summed E-state index contributed by atoms with van der Waals surface area (Å²) < 4.78 is 35.0. The molecule has 0 amide bonds. The Morgan fingerprint density at radius 3 is 2.47 bits per heavy atom. The first-order chi connectivity index (χ1) is 14.6. The molecule has 2 aliphatic rings. The normalized spacial score (nSPS) is 23.2. The number of sulfonamides is 1.